The second-order valence-electron chi connectivity index (χ2n) is 7.18. The molecule has 0 saturated heterocycles. The molecule has 0 atom stereocenters. The minimum Gasteiger partial charge on any atom is -0.354 e. The first kappa shape index (κ1) is 20.9. The molecule has 5 nitrogen and oxygen atoms in total. The minimum absolute atomic E-state index is 0.328. The van der Waals surface area contributed by atoms with E-state index in [2.05, 4.69) is 41.4 Å². The van der Waals surface area contributed by atoms with Gasteiger partial charge >= 0.3 is 6.18 Å². The molecule has 1 aromatic carbocycles. The second kappa shape index (κ2) is 8.65. The van der Waals surface area contributed by atoms with Crippen molar-refractivity contribution in [3.8, 4) is 0 Å². The number of hydrogen-bond donors (Lipinski definition) is 2. The molecule has 28 heavy (non-hydrogen) atoms. The van der Waals surface area contributed by atoms with Crippen LogP contribution in [0, 0.1) is 0 Å². The molecule has 2 N–H and O–H groups in total. The summed E-state index contributed by atoms with van der Waals surface area (Å²) in [4.78, 5) is 11.2. The first-order chi connectivity index (χ1) is 13.2. The zero-order valence-electron chi connectivity index (χ0n) is 15.8. The predicted molar refractivity (Wildman–Crippen MR) is 108 cm³/mol. The highest BCUT2D eigenvalue weighted by Gasteiger charge is 2.31. The number of anilines is 3. The lowest BCUT2D eigenvalue weighted by Gasteiger charge is -2.14. The van der Waals surface area contributed by atoms with Crippen LogP contribution in [0.5, 0.6) is 0 Å². The van der Waals surface area contributed by atoms with Gasteiger partial charge in [0.1, 0.15) is 5.82 Å². The fraction of sp³-hybridized carbons (Fsp3) is 0.474. The molecule has 0 amide bonds. The van der Waals surface area contributed by atoms with Crippen molar-refractivity contribution in [2.45, 2.75) is 31.4 Å². The molecule has 1 aliphatic rings. The van der Waals surface area contributed by atoms with E-state index in [1.807, 2.05) is 20.2 Å². The van der Waals surface area contributed by atoms with Gasteiger partial charge in [-0.1, -0.05) is 0 Å². The Morgan fingerprint density at radius 2 is 1.93 bits per heavy atom. The van der Waals surface area contributed by atoms with Gasteiger partial charge < -0.3 is 15.5 Å². The van der Waals surface area contributed by atoms with Gasteiger partial charge in [0.15, 0.2) is 0 Å². The molecule has 152 valence electrons. The van der Waals surface area contributed by atoms with Gasteiger partial charge in [0.25, 0.3) is 0 Å². The van der Waals surface area contributed by atoms with Crippen LogP contribution < -0.4 is 10.6 Å². The summed E-state index contributed by atoms with van der Waals surface area (Å²) in [6, 6.07) is 5.38. The fourth-order valence-electron chi connectivity index (χ4n) is 2.72. The third-order valence-corrected chi connectivity index (χ3v) is 5.02. The average molecular weight is 458 g/mol. The molecular weight excluding hydrogens is 435 g/mol. The smallest absolute Gasteiger partial charge is 0.354 e. The Morgan fingerprint density at radius 1 is 1.18 bits per heavy atom. The molecule has 0 unspecified atom stereocenters. The number of aromatic nitrogens is 2. The molecular formula is C19H23BrF3N5. The molecule has 0 bridgehead atoms. The number of benzene rings is 1. The van der Waals surface area contributed by atoms with Crippen molar-refractivity contribution in [1.29, 1.82) is 0 Å². The van der Waals surface area contributed by atoms with Crippen LogP contribution in [0.2, 0.25) is 0 Å². The van der Waals surface area contributed by atoms with Gasteiger partial charge in [-0.15, -0.1) is 0 Å². The molecule has 0 aliphatic heterocycles. The Morgan fingerprint density at radius 3 is 2.54 bits per heavy atom. The Kier molecular flexibility index (Phi) is 6.44. The van der Waals surface area contributed by atoms with Crippen LogP contribution in [0.15, 0.2) is 28.7 Å². The normalized spacial score (nSPS) is 14.4. The number of nitrogens with zero attached hydrogens (tertiary/aromatic N) is 3. The maximum Gasteiger partial charge on any atom is 0.416 e. The van der Waals surface area contributed by atoms with Crippen molar-refractivity contribution >= 4 is 33.4 Å². The monoisotopic (exact) mass is 457 g/mol. The van der Waals surface area contributed by atoms with Crippen LogP contribution in [0.4, 0.5) is 30.6 Å². The third-order valence-electron chi connectivity index (χ3n) is 4.37. The molecule has 1 aromatic heterocycles. The van der Waals surface area contributed by atoms with Crippen LogP contribution in [0.3, 0.4) is 0 Å². The molecule has 1 fully saturated rings. The van der Waals surface area contributed by atoms with Gasteiger partial charge in [0, 0.05) is 23.0 Å². The number of alkyl halides is 3. The standard InChI is InChI=1S/C19H23BrF3N5/c1-28(2)9-3-8-24-18-26-16(12-4-5-12)11-17(27-18)25-15-7-6-13(10-14(15)20)19(21,22)23/h6-7,10-12H,3-5,8-9H2,1-2H3,(H2,24,25,26,27). The average Bonchev–Trinajstić information content (AvgIpc) is 3.44. The number of nitrogens with one attached hydrogen (secondary N) is 2. The molecule has 1 heterocycles. The first-order valence-corrected chi connectivity index (χ1v) is 9.93. The Bertz CT molecular complexity index is 822. The first-order valence-electron chi connectivity index (χ1n) is 9.14. The Hall–Kier alpha value is -1.87. The van der Waals surface area contributed by atoms with Gasteiger partial charge in [0.05, 0.1) is 16.9 Å². The van der Waals surface area contributed by atoms with E-state index in [4.69, 9.17) is 0 Å². The maximum absolute atomic E-state index is 12.9. The van der Waals surface area contributed by atoms with Gasteiger partial charge in [-0.3, -0.25) is 0 Å². The lowest BCUT2D eigenvalue weighted by atomic mass is 10.2. The molecule has 3 rings (SSSR count). The van der Waals surface area contributed by atoms with E-state index in [0.29, 0.717) is 27.8 Å². The van der Waals surface area contributed by atoms with Crippen molar-refractivity contribution in [1.82, 2.24) is 14.9 Å². The predicted octanol–water partition coefficient (Wildman–Crippen LogP) is 5.24. The summed E-state index contributed by atoms with van der Waals surface area (Å²) in [7, 11) is 4.04. The summed E-state index contributed by atoms with van der Waals surface area (Å²) in [5.41, 5.74) is 0.775. The van der Waals surface area contributed by atoms with Crippen molar-refractivity contribution in [3.05, 3.63) is 40.0 Å². The van der Waals surface area contributed by atoms with Gasteiger partial charge in [-0.2, -0.15) is 18.2 Å². The van der Waals surface area contributed by atoms with E-state index in [0.717, 1.165) is 50.2 Å². The molecule has 2 aromatic rings. The van der Waals surface area contributed by atoms with Crippen LogP contribution in [0.25, 0.3) is 0 Å². The molecule has 0 spiro atoms. The number of rotatable bonds is 8. The van der Waals surface area contributed by atoms with Crippen LogP contribution >= 0.6 is 15.9 Å². The fourth-order valence-corrected chi connectivity index (χ4v) is 3.20. The molecule has 0 radical (unpaired) electrons. The van der Waals surface area contributed by atoms with Crippen molar-refractivity contribution < 1.29 is 13.2 Å². The maximum atomic E-state index is 12.9. The molecule has 1 aliphatic carbocycles. The third kappa shape index (κ3) is 5.81. The highest BCUT2D eigenvalue weighted by atomic mass is 79.9. The SMILES string of the molecule is CN(C)CCCNc1nc(Nc2ccc(C(F)(F)F)cc2Br)cc(C2CC2)n1. The highest BCUT2D eigenvalue weighted by Crippen LogP contribution is 2.40. The molecule has 9 heteroatoms. The lowest BCUT2D eigenvalue weighted by Crippen LogP contribution is -2.17. The van der Waals surface area contributed by atoms with Crippen molar-refractivity contribution in [2.75, 3.05) is 37.8 Å². The van der Waals surface area contributed by atoms with E-state index in [9.17, 15) is 13.2 Å². The van der Waals surface area contributed by atoms with Gasteiger partial charge in [-0.05, 0) is 74.0 Å². The Balaban J connectivity index is 1.75. The molecule has 1 saturated carbocycles. The van der Waals surface area contributed by atoms with Gasteiger partial charge in [-0.25, -0.2) is 4.98 Å². The van der Waals surface area contributed by atoms with Crippen LogP contribution in [-0.2, 0) is 6.18 Å². The van der Waals surface area contributed by atoms with Crippen LogP contribution in [0.1, 0.15) is 36.4 Å². The lowest BCUT2D eigenvalue weighted by molar-refractivity contribution is -0.137. The highest BCUT2D eigenvalue weighted by molar-refractivity contribution is 9.10. The quantitative estimate of drug-likeness (QED) is 0.530. The number of hydrogen-bond acceptors (Lipinski definition) is 5. The van der Waals surface area contributed by atoms with Crippen LogP contribution in [-0.4, -0.2) is 42.1 Å². The van der Waals surface area contributed by atoms with E-state index in [1.165, 1.54) is 6.07 Å². The van der Waals surface area contributed by atoms with Gasteiger partial charge in [0.2, 0.25) is 5.95 Å². The van der Waals surface area contributed by atoms with Crippen molar-refractivity contribution in [3.63, 3.8) is 0 Å². The summed E-state index contributed by atoms with van der Waals surface area (Å²) >= 11 is 3.21. The Labute approximate surface area is 170 Å². The zero-order chi connectivity index (χ0) is 20.3. The van der Waals surface area contributed by atoms with E-state index < -0.39 is 11.7 Å². The number of halogens is 4. The summed E-state index contributed by atoms with van der Waals surface area (Å²) < 4.78 is 38.9. The largest absolute Gasteiger partial charge is 0.416 e. The summed E-state index contributed by atoms with van der Waals surface area (Å²) in [6.45, 7) is 1.70. The summed E-state index contributed by atoms with van der Waals surface area (Å²) in [5, 5.41) is 6.35. The van der Waals surface area contributed by atoms with E-state index in [-0.39, 0.29) is 0 Å². The van der Waals surface area contributed by atoms with Crippen molar-refractivity contribution in [2.24, 2.45) is 0 Å². The zero-order valence-corrected chi connectivity index (χ0v) is 17.4. The summed E-state index contributed by atoms with van der Waals surface area (Å²) in [5.74, 6) is 1.53. The second-order valence-corrected chi connectivity index (χ2v) is 8.03. The summed E-state index contributed by atoms with van der Waals surface area (Å²) in [6.07, 6.45) is -1.23. The van der Waals surface area contributed by atoms with E-state index in [1.54, 1.807) is 0 Å². The van der Waals surface area contributed by atoms with E-state index >= 15 is 0 Å². The topological polar surface area (TPSA) is 53.1 Å². The minimum atomic E-state index is -4.38.